The number of carbonyl (C=O) groups is 2. The van der Waals surface area contributed by atoms with Crippen molar-refractivity contribution in [2.45, 2.75) is 58.7 Å². The summed E-state index contributed by atoms with van der Waals surface area (Å²) in [6.07, 6.45) is 0.637. The minimum atomic E-state index is -0.695. The molecular formula is C15H28N2O3. The number of ether oxygens (including phenoxy) is 1. The molecule has 5 nitrogen and oxygen atoms in total. The van der Waals surface area contributed by atoms with Gasteiger partial charge in [-0.1, -0.05) is 27.7 Å². The van der Waals surface area contributed by atoms with Crippen molar-refractivity contribution in [3.63, 3.8) is 0 Å². The van der Waals surface area contributed by atoms with Crippen molar-refractivity contribution in [1.82, 2.24) is 10.6 Å². The molecule has 0 aliphatic carbocycles. The molecule has 0 bridgehead atoms. The van der Waals surface area contributed by atoms with Gasteiger partial charge in [0.2, 0.25) is 5.91 Å². The molecule has 20 heavy (non-hydrogen) atoms. The van der Waals surface area contributed by atoms with Crippen LogP contribution in [-0.2, 0) is 14.3 Å². The van der Waals surface area contributed by atoms with Gasteiger partial charge in [-0.15, -0.1) is 0 Å². The number of hydrogen-bond acceptors (Lipinski definition) is 4. The summed E-state index contributed by atoms with van der Waals surface area (Å²) in [6.45, 7) is 10.3. The second-order valence-electron chi connectivity index (χ2n) is 6.58. The zero-order valence-electron chi connectivity index (χ0n) is 13.4. The van der Waals surface area contributed by atoms with Gasteiger partial charge in [0.15, 0.2) is 5.78 Å². The predicted octanol–water partition coefficient (Wildman–Crippen LogP) is 1.12. The van der Waals surface area contributed by atoms with Crippen molar-refractivity contribution in [3.8, 4) is 0 Å². The maximum absolute atomic E-state index is 12.4. The molecule has 1 aliphatic rings. The lowest BCUT2D eigenvalue weighted by Crippen LogP contribution is -2.53. The monoisotopic (exact) mass is 284 g/mol. The summed E-state index contributed by atoms with van der Waals surface area (Å²) >= 11 is 0. The number of carbonyl (C=O) groups excluding carboxylic acids is 2. The lowest BCUT2D eigenvalue weighted by Gasteiger charge is -2.25. The van der Waals surface area contributed by atoms with E-state index in [-0.39, 0.29) is 23.7 Å². The Morgan fingerprint density at radius 3 is 2.15 bits per heavy atom. The number of epoxide rings is 1. The first-order valence-corrected chi connectivity index (χ1v) is 7.37. The SMILES string of the molecule is CN[C@H](C(=O)NC(CC(C)C)C(=O)[C@@]1(C)CO1)C(C)C. The molecular weight excluding hydrogens is 256 g/mol. The fraction of sp³-hybridized carbons (Fsp3) is 0.867. The van der Waals surface area contributed by atoms with E-state index < -0.39 is 11.6 Å². The van der Waals surface area contributed by atoms with Gasteiger partial charge in [-0.3, -0.25) is 9.59 Å². The van der Waals surface area contributed by atoms with Crippen molar-refractivity contribution in [3.05, 3.63) is 0 Å². The van der Waals surface area contributed by atoms with Crippen LogP contribution < -0.4 is 10.6 Å². The average Bonchev–Trinajstić information content (AvgIpc) is 3.06. The molecule has 1 aliphatic heterocycles. The summed E-state index contributed by atoms with van der Waals surface area (Å²) in [4.78, 5) is 24.7. The first-order valence-electron chi connectivity index (χ1n) is 7.37. The van der Waals surface area contributed by atoms with Gasteiger partial charge in [0.1, 0.15) is 5.60 Å². The maximum atomic E-state index is 12.4. The summed E-state index contributed by atoms with van der Waals surface area (Å²) in [5, 5.41) is 5.89. The minimum absolute atomic E-state index is 0.0156. The molecule has 0 saturated carbocycles. The summed E-state index contributed by atoms with van der Waals surface area (Å²) in [6, 6.07) is -0.755. The lowest BCUT2D eigenvalue weighted by molar-refractivity contribution is -0.132. The number of amides is 1. The van der Waals surface area contributed by atoms with Gasteiger partial charge in [-0.2, -0.15) is 0 Å². The van der Waals surface area contributed by atoms with Crippen LogP contribution in [0.25, 0.3) is 0 Å². The van der Waals surface area contributed by atoms with Crippen LogP contribution in [0.4, 0.5) is 0 Å². The number of hydrogen-bond donors (Lipinski definition) is 2. The number of ketones is 1. The Morgan fingerprint density at radius 2 is 1.80 bits per heavy atom. The zero-order chi connectivity index (χ0) is 15.5. The number of likely N-dealkylation sites (N-methyl/N-ethyl adjacent to an activating group) is 1. The van der Waals surface area contributed by atoms with E-state index in [2.05, 4.69) is 10.6 Å². The Morgan fingerprint density at radius 1 is 1.25 bits per heavy atom. The van der Waals surface area contributed by atoms with Crippen molar-refractivity contribution >= 4 is 11.7 Å². The van der Waals surface area contributed by atoms with E-state index in [0.29, 0.717) is 18.9 Å². The van der Waals surface area contributed by atoms with Gasteiger partial charge in [-0.25, -0.2) is 0 Å². The molecule has 3 atom stereocenters. The van der Waals surface area contributed by atoms with Crippen LogP contribution in [0, 0.1) is 11.8 Å². The van der Waals surface area contributed by atoms with Crippen LogP contribution in [0.3, 0.4) is 0 Å². The Hall–Kier alpha value is -0.940. The van der Waals surface area contributed by atoms with Crippen LogP contribution in [0.1, 0.15) is 41.0 Å². The average molecular weight is 284 g/mol. The zero-order valence-corrected chi connectivity index (χ0v) is 13.4. The van der Waals surface area contributed by atoms with E-state index in [1.165, 1.54) is 0 Å². The minimum Gasteiger partial charge on any atom is -0.361 e. The Balaban J connectivity index is 2.74. The van der Waals surface area contributed by atoms with Crippen molar-refractivity contribution < 1.29 is 14.3 Å². The smallest absolute Gasteiger partial charge is 0.237 e. The standard InChI is InChI=1S/C15H28N2O3/c1-9(2)7-11(13(18)15(5)8-20-15)17-14(19)12(16-6)10(3)4/h9-12,16H,7-8H2,1-6H3,(H,17,19)/t11?,12-,15+/m0/s1. The van der Waals surface area contributed by atoms with Crippen molar-refractivity contribution in [2.24, 2.45) is 11.8 Å². The third kappa shape index (κ3) is 4.28. The van der Waals surface area contributed by atoms with E-state index >= 15 is 0 Å². The van der Waals surface area contributed by atoms with E-state index in [1.807, 2.05) is 27.7 Å². The van der Waals surface area contributed by atoms with Crippen LogP contribution in [0.2, 0.25) is 0 Å². The number of nitrogens with one attached hydrogen (secondary N) is 2. The highest BCUT2D eigenvalue weighted by Gasteiger charge is 2.50. The molecule has 0 aromatic heterocycles. The molecule has 1 fully saturated rings. The summed E-state index contributed by atoms with van der Waals surface area (Å²) in [7, 11) is 1.76. The highest BCUT2D eigenvalue weighted by Crippen LogP contribution is 2.29. The van der Waals surface area contributed by atoms with Crippen LogP contribution in [-0.4, -0.2) is 43.0 Å². The second kappa shape index (κ2) is 6.68. The Labute approximate surface area is 121 Å². The molecule has 0 aromatic carbocycles. The van der Waals surface area contributed by atoms with E-state index in [1.54, 1.807) is 14.0 Å². The molecule has 1 heterocycles. The topological polar surface area (TPSA) is 70.7 Å². The molecule has 0 spiro atoms. The van der Waals surface area contributed by atoms with Gasteiger partial charge in [0.05, 0.1) is 18.7 Å². The molecule has 1 unspecified atom stereocenters. The fourth-order valence-electron chi connectivity index (χ4n) is 2.35. The lowest BCUT2D eigenvalue weighted by atomic mass is 9.92. The van der Waals surface area contributed by atoms with E-state index in [9.17, 15) is 9.59 Å². The molecule has 116 valence electrons. The van der Waals surface area contributed by atoms with Crippen molar-refractivity contribution in [1.29, 1.82) is 0 Å². The summed E-state index contributed by atoms with van der Waals surface area (Å²) < 4.78 is 5.22. The Bertz CT molecular complexity index is 362. The second-order valence-corrected chi connectivity index (χ2v) is 6.58. The van der Waals surface area contributed by atoms with Crippen LogP contribution in [0.15, 0.2) is 0 Å². The van der Waals surface area contributed by atoms with Gasteiger partial charge in [-0.05, 0) is 32.2 Å². The molecule has 1 saturated heterocycles. The molecule has 1 rings (SSSR count). The van der Waals surface area contributed by atoms with Gasteiger partial charge >= 0.3 is 0 Å². The summed E-state index contributed by atoms with van der Waals surface area (Å²) in [5.41, 5.74) is -0.695. The third-order valence-electron chi connectivity index (χ3n) is 3.70. The Kier molecular flexibility index (Phi) is 5.71. The first-order chi connectivity index (χ1) is 9.21. The highest BCUT2D eigenvalue weighted by molar-refractivity contribution is 5.97. The summed E-state index contributed by atoms with van der Waals surface area (Å²) in [5.74, 6) is 0.366. The normalized spacial score (nSPS) is 24.6. The van der Waals surface area contributed by atoms with Gasteiger partial charge < -0.3 is 15.4 Å². The van der Waals surface area contributed by atoms with Crippen LogP contribution in [0.5, 0.6) is 0 Å². The molecule has 0 aromatic rings. The molecule has 2 N–H and O–H groups in total. The van der Waals surface area contributed by atoms with Gasteiger partial charge in [0.25, 0.3) is 0 Å². The first kappa shape index (κ1) is 17.1. The highest BCUT2D eigenvalue weighted by atomic mass is 16.6. The predicted molar refractivity (Wildman–Crippen MR) is 78.4 cm³/mol. The maximum Gasteiger partial charge on any atom is 0.237 e. The fourth-order valence-corrected chi connectivity index (χ4v) is 2.35. The number of Topliss-reactive ketones (excluding diaryl/α,β-unsaturated/α-hetero) is 1. The molecule has 1 amide bonds. The number of rotatable bonds is 8. The third-order valence-corrected chi connectivity index (χ3v) is 3.70. The van der Waals surface area contributed by atoms with Gasteiger partial charge in [0, 0.05) is 0 Å². The van der Waals surface area contributed by atoms with Crippen molar-refractivity contribution in [2.75, 3.05) is 13.7 Å². The van der Waals surface area contributed by atoms with Crippen LogP contribution >= 0.6 is 0 Å². The van der Waals surface area contributed by atoms with E-state index in [0.717, 1.165) is 0 Å². The largest absolute Gasteiger partial charge is 0.361 e. The van der Waals surface area contributed by atoms with E-state index in [4.69, 9.17) is 4.74 Å². The molecule has 0 radical (unpaired) electrons. The quantitative estimate of drug-likeness (QED) is 0.655. The molecule has 5 heteroatoms.